The van der Waals surface area contributed by atoms with E-state index in [1.165, 1.54) is 0 Å². The van der Waals surface area contributed by atoms with E-state index in [-0.39, 0.29) is 39.6 Å². The van der Waals surface area contributed by atoms with Gasteiger partial charge in [-0.05, 0) is 51.6 Å². The van der Waals surface area contributed by atoms with Crippen LogP contribution in [0.3, 0.4) is 0 Å². The van der Waals surface area contributed by atoms with E-state index in [4.69, 9.17) is 52.1 Å². The smallest absolute Gasteiger partial charge is 0.187 e. The molecule has 13 heteroatoms. The summed E-state index contributed by atoms with van der Waals surface area (Å²) in [5.41, 5.74) is 5.73. The fourth-order valence-corrected chi connectivity index (χ4v) is 9.50. The van der Waals surface area contributed by atoms with E-state index in [0.717, 1.165) is 45.2 Å². The minimum atomic E-state index is -1.53. The van der Waals surface area contributed by atoms with E-state index < -0.39 is 69.5 Å². The first-order chi connectivity index (χ1) is 35.7. The molecule has 2 fully saturated rings. The fourth-order valence-electron chi connectivity index (χ4n) is 8.77. The number of hydrogen-bond donors (Lipinski definition) is 1. The van der Waals surface area contributed by atoms with Gasteiger partial charge in [0.1, 0.15) is 54.6 Å². The molecule has 0 spiro atoms. The Hall–Kier alpha value is -5.10. The Morgan fingerprint density at radius 3 is 1.25 bits per heavy atom. The summed E-state index contributed by atoms with van der Waals surface area (Å²) < 4.78 is 74.2. The van der Waals surface area contributed by atoms with Crippen molar-refractivity contribution >= 4 is 8.07 Å². The number of aliphatic hydroxyl groups is 1. The SMILES string of the molecule is COc1ccc(CO[C@H]2[C@@H](O)[C@@H](COCc3ccccc3)O[C@@H](O[C@H]3[C@H](OCc4ccccc4)[C@@H](OCc4ccccc4)[C@H](OCC[Si](C)(C)C)O[C@@H]3COCc3ccccc3)[C@@H]2OCc2ccccc2)cc1. The molecule has 2 aliphatic rings. The van der Waals surface area contributed by atoms with Crippen LogP contribution in [-0.2, 0) is 87.0 Å². The maximum Gasteiger partial charge on any atom is 0.187 e. The quantitative estimate of drug-likeness (QED) is 0.0495. The van der Waals surface area contributed by atoms with Crippen LogP contribution in [0.4, 0.5) is 0 Å². The lowest BCUT2D eigenvalue weighted by Gasteiger charge is -2.49. The van der Waals surface area contributed by atoms with Crippen molar-refractivity contribution in [1.29, 1.82) is 0 Å². The predicted octanol–water partition coefficient (Wildman–Crippen LogP) is 10.3. The Bertz CT molecular complexity index is 2430. The highest BCUT2D eigenvalue weighted by Crippen LogP contribution is 2.36. The average molecular weight is 1010 g/mol. The van der Waals surface area contributed by atoms with Crippen LogP contribution in [0.2, 0.25) is 25.7 Å². The molecule has 0 unspecified atom stereocenters. The molecular formula is C60H72O12Si. The molecule has 12 nitrogen and oxygen atoms in total. The lowest BCUT2D eigenvalue weighted by molar-refractivity contribution is -0.375. The second-order valence-corrected chi connectivity index (χ2v) is 25.4. The van der Waals surface area contributed by atoms with Gasteiger partial charge in [0.25, 0.3) is 0 Å². The highest BCUT2D eigenvalue weighted by Gasteiger charge is 2.54. The third-order valence-electron chi connectivity index (χ3n) is 12.9. The molecular weight excluding hydrogens is 941 g/mol. The number of benzene rings is 6. The largest absolute Gasteiger partial charge is 0.497 e. The van der Waals surface area contributed by atoms with Crippen LogP contribution in [0.1, 0.15) is 33.4 Å². The monoisotopic (exact) mass is 1010 g/mol. The van der Waals surface area contributed by atoms with Gasteiger partial charge in [-0.1, -0.05) is 183 Å². The summed E-state index contributed by atoms with van der Waals surface area (Å²) in [6.07, 6.45) is -9.33. The van der Waals surface area contributed by atoms with Crippen LogP contribution in [-0.4, -0.2) is 102 Å². The Balaban J connectivity index is 1.18. The Kier molecular flexibility index (Phi) is 20.8. The van der Waals surface area contributed by atoms with Gasteiger partial charge in [0.2, 0.25) is 0 Å². The first-order valence-electron chi connectivity index (χ1n) is 25.4. The molecule has 8 rings (SSSR count). The average Bonchev–Trinajstić information content (AvgIpc) is 3.42. The van der Waals surface area contributed by atoms with Crippen molar-refractivity contribution in [3.05, 3.63) is 209 Å². The van der Waals surface area contributed by atoms with Crippen LogP contribution in [0, 0.1) is 0 Å². The van der Waals surface area contributed by atoms with Gasteiger partial charge >= 0.3 is 0 Å². The first-order valence-corrected chi connectivity index (χ1v) is 29.1. The highest BCUT2D eigenvalue weighted by atomic mass is 28.3. The van der Waals surface area contributed by atoms with Crippen LogP contribution in [0.25, 0.3) is 0 Å². The third-order valence-corrected chi connectivity index (χ3v) is 14.6. The summed E-state index contributed by atoms with van der Waals surface area (Å²) >= 11 is 0. The molecule has 73 heavy (non-hydrogen) atoms. The van der Waals surface area contributed by atoms with Gasteiger partial charge < -0.3 is 57.2 Å². The molecule has 1 N–H and O–H groups in total. The number of methoxy groups -OCH3 is 1. The molecule has 2 aliphatic heterocycles. The van der Waals surface area contributed by atoms with Gasteiger partial charge in [-0.3, -0.25) is 0 Å². The zero-order valence-corrected chi connectivity index (χ0v) is 43.5. The Labute approximate surface area is 432 Å². The Morgan fingerprint density at radius 1 is 0.411 bits per heavy atom. The van der Waals surface area contributed by atoms with E-state index in [1.807, 2.05) is 176 Å². The molecule has 0 amide bonds. The van der Waals surface area contributed by atoms with Gasteiger partial charge in [0.05, 0.1) is 60.0 Å². The third kappa shape index (κ3) is 16.7. The van der Waals surface area contributed by atoms with Crippen LogP contribution < -0.4 is 4.74 Å². The van der Waals surface area contributed by atoms with Crippen molar-refractivity contribution in [2.24, 2.45) is 0 Å². The minimum Gasteiger partial charge on any atom is -0.497 e. The van der Waals surface area contributed by atoms with Crippen LogP contribution >= 0.6 is 0 Å². The zero-order chi connectivity index (χ0) is 50.7. The second kappa shape index (κ2) is 28.0. The number of rotatable bonds is 27. The topological polar surface area (TPSA) is 122 Å². The van der Waals surface area contributed by atoms with Gasteiger partial charge in [0, 0.05) is 14.7 Å². The summed E-state index contributed by atoms with van der Waals surface area (Å²) in [5.74, 6) is 0.721. The van der Waals surface area contributed by atoms with Gasteiger partial charge in [-0.25, -0.2) is 0 Å². The normalized spacial score (nSPS) is 24.3. The van der Waals surface area contributed by atoms with Crippen molar-refractivity contribution < 1.29 is 57.2 Å². The van der Waals surface area contributed by atoms with Gasteiger partial charge in [0.15, 0.2) is 12.6 Å². The summed E-state index contributed by atoms with van der Waals surface area (Å²) in [7, 11) is 0.1000. The molecule has 6 aromatic rings. The fraction of sp³-hybridized carbons (Fsp3) is 0.400. The Morgan fingerprint density at radius 2 is 0.795 bits per heavy atom. The molecule has 6 aromatic carbocycles. The lowest BCUT2D eigenvalue weighted by atomic mass is 9.96. The van der Waals surface area contributed by atoms with Crippen molar-refractivity contribution in [1.82, 2.24) is 0 Å². The maximum atomic E-state index is 12.4. The van der Waals surface area contributed by atoms with Gasteiger partial charge in [-0.15, -0.1) is 0 Å². The van der Waals surface area contributed by atoms with Crippen molar-refractivity contribution in [3.63, 3.8) is 0 Å². The first kappa shape index (κ1) is 54.2. The molecule has 0 radical (unpaired) electrons. The van der Waals surface area contributed by atoms with Crippen LogP contribution in [0.15, 0.2) is 176 Å². The minimum absolute atomic E-state index is 0.0260. The summed E-state index contributed by atoms with van der Waals surface area (Å²) in [5, 5.41) is 12.4. The lowest BCUT2D eigenvalue weighted by Crippen LogP contribution is -2.66. The van der Waals surface area contributed by atoms with E-state index >= 15 is 0 Å². The predicted molar refractivity (Wildman–Crippen MR) is 281 cm³/mol. The number of hydrogen-bond acceptors (Lipinski definition) is 12. The van der Waals surface area contributed by atoms with E-state index in [0.29, 0.717) is 19.8 Å². The van der Waals surface area contributed by atoms with Crippen LogP contribution in [0.5, 0.6) is 5.75 Å². The second-order valence-electron chi connectivity index (χ2n) is 19.8. The molecule has 0 aliphatic carbocycles. The molecule has 0 saturated carbocycles. The van der Waals surface area contributed by atoms with Crippen molar-refractivity contribution in [2.45, 2.75) is 127 Å². The van der Waals surface area contributed by atoms with Crippen molar-refractivity contribution in [3.8, 4) is 5.75 Å². The summed E-state index contributed by atoms with van der Waals surface area (Å²) in [6.45, 7) is 9.02. The summed E-state index contributed by atoms with van der Waals surface area (Å²) in [6, 6.07) is 58.3. The van der Waals surface area contributed by atoms with E-state index in [2.05, 4.69) is 19.6 Å². The molecule has 0 aromatic heterocycles. The standard InChI is InChI=1S/C60H72O12Si/c1-62-50-32-30-49(31-33-50)41-66-55-53(61)51(42-63-36-44-20-10-5-11-21-44)70-60(57(55)68-39-47-26-16-8-17-27-47)72-54-52(43-64-37-45-22-12-6-13-23-45)71-59(65-34-35-73(2,3)4)58(69-40-48-28-18-9-19-29-48)56(54)67-38-46-24-14-7-15-25-46/h5-33,51-61H,34-43H2,1-4H3/t51-,52-,53+,54-,55+,56+,57-,58-,59-,60+/m1/s1. The number of ether oxygens (including phenoxy) is 11. The number of aliphatic hydroxyl groups excluding tert-OH is 1. The van der Waals surface area contributed by atoms with Crippen molar-refractivity contribution in [2.75, 3.05) is 26.9 Å². The van der Waals surface area contributed by atoms with Gasteiger partial charge in [-0.2, -0.15) is 0 Å². The molecule has 0 bridgehead atoms. The molecule has 10 atom stereocenters. The summed E-state index contributed by atoms with van der Waals surface area (Å²) in [4.78, 5) is 0. The molecule has 388 valence electrons. The van der Waals surface area contributed by atoms with E-state index in [9.17, 15) is 5.11 Å². The highest BCUT2D eigenvalue weighted by molar-refractivity contribution is 6.76. The molecule has 2 heterocycles. The maximum absolute atomic E-state index is 12.4. The molecule has 2 saturated heterocycles. The van der Waals surface area contributed by atoms with E-state index in [1.54, 1.807) is 7.11 Å². The zero-order valence-electron chi connectivity index (χ0n) is 42.5.